The average Bonchev–Trinajstić information content (AvgIpc) is 3.17. The summed E-state index contributed by atoms with van der Waals surface area (Å²) in [4.78, 5) is 14.3. The molecule has 5 nitrogen and oxygen atoms in total. The standard InChI is InChI=1S/C23H30N2O3/c1-4-24-23(26)17(3)18-6-10-21(11-7-18)28-22-14-15-25(16-22)19-8-12-20(13-9-19)27-5-2/h6-13,17,22H,4-5,14-16H2,1-3H3,(H,24,26). The first-order chi connectivity index (χ1) is 13.6. The molecule has 1 saturated heterocycles. The van der Waals surface area contributed by atoms with Gasteiger partial charge in [0.1, 0.15) is 17.6 Å². The molecule has 1 aliphatic heterocycles. The van der Waals surface area contributed by atoms with Crippen molar-refractivity contribution in [2.75, 3.05) is 31.1 Å². The van der Waals surface area contributed by atoms with Crippen LogP contribution in [-0.2, 0) is 4.79 Å². The van der Waals surface area contributed by atoms with Gasteiger partial charge in [0.25, 0.3) is 0 Å². The first-order valence-corrected chi connectivity index (χ1v) is 10.1. The molecule has 5 heteroatoms. The number of hydrogen-bond donors (Lipinski definition) is 1. The molecule has 28 heavy (non-hydrogen) atoms. The summed E-state index contributed by atoms with van der Waals surface area (Å²) in [6.45, 7) is 9.02. The number of benzene rings is 2. The maximum absolute atomic E-state index is 12.0. The Morgan fingerprint density at radius 3 is 2.43 bits per heavy atom. The van der Waals surface area contributed by atoms with E-state index >= 15 is 0 Å². The largest absolute Gasteiger partial charge is 0.494 e. The number of nitrogens with zero attached hydrogens (tertiary/aromatic N) is 1. The van der Waals surface area contributed by atoms with Gasteiger partial charge >= 0.3 is 0 Å². The van der Waals surface area contributed by atoms with Crippen LogP contribution in [0.1, 0.15) is 38.7 Å². The van der Waals surface area contributed by atoms with Gasteiger partial charge in [0.15, 0.2) is 0 Å². The van der Waals surface area contributed by atoms with Gasteiger partial charge in [0, 0.05) is 25.2 Å². The minimum absolute atomic E-state index is 0.0537. The number of amides is 1. The minimum Gasteiger partial charge on any atom is -0.494 e. The van der Waals surface area contributed by atoms with Crippen LogP contribution in [0.2, 0.25) is 0 Å². The monoisotopic (exact) mass is 382 g/mol. The molecular formula is C23H30N2O3. The van der Waals surface area contributed by atoms with Crippen molar-refractivity contribution in [2.24, 2.45) is 0 Å². The fourth-order valence-corrected chi connectivity index (χ4v) is 3.48. The normalized spacial score (nSPS) is 17.2. The number of carbonyl (C=O) groups is 1. The van der Waals surface area contributed by atoms with Crippen LogP contribution in [0.4, 0.5) is 5.69 Å². The Labute approximate surface area is 167 Å². The number of nitrogens with one attached hydrogen (secondary N) is 1. The Kier molecular flexibility index (Phi) is 6.80. The quantitative estimate of drug-likeness (QED) is 0.750. The van der Waals surface area contributed by atoms with Gasteiger partial charge in [-0.15, -0.1) is 0 Å². The summed E-state index contributed by atoms with van der Waals surface area (Å²) in [5.74, 6) is 1.65. The van der Waals surface area contributed by atoms with Crippen molar-refractivity contribution < 1.29 is 14.3 Å². The fraction of sp³-hybridized carbons (Fsp3) is 0.435. The van der Waals surface area contributed by atoms with E-state index in [1.54, 1.807) is 0 Å². The summed E-state index contributed by atoms with van der Waals surface area (Å²) in [6, 6.07) is 16.1. The van der Waals surface area contributed by atoms with Gasteiger partial charge in [-0.05, 0) is 62.7 Å². The molecule has 1 fully saturated rings. The molecule has 0 radical (unpaired) electrons. The third kappa shape index (κ3) is 4.97. The van der Waals surface area contributed by atoms with Crippen LogP contribution >= 0.6 is 0 Å². The molecule has 1 amide bonds. The van der Waals surface area contributed by atoms with Crippen molar-refractivity contribution in [3.63, 3.8) is 0 Å². The first-order valence-electron chi connectivity index (χ1n) is 10.1. The highest BCUT2D eigenvalue weighted by Gasteiger charge is 2.24. The lowest BCUT2D eigenvalue weighted by Crippen LogP contribution is -2.27. The number of anilines is 1. The van der Waals surface area contributed by atoms with Gasteiger partial charge in [-0.2, -0.15) is 0 Å². The molecule has 2 unspecified atom stereocenters. The van der Waals surface area contributed by atoms with E-state index in [9.17, 15) is 4.79 Å². The van der Waals surface area contributed by atoms with Gasteiger partial charge in [0.05, 0.1) is 19.1 Å². The van der Waals surface area contributed by atoms with Crippen molar-refractivity contribution >= 4 is 11.6 Å². The van der Waals surface area contributed by atoms with Gasteiger partial charge in [-0.1, -0.05) is 12.1 Å². The number of likely N-dealkylation sites (N-methyl/N-ethyl adjacent to an activating group) is 1. The van der Waals surface area contributed by atoms with Crippen molar-refractivity contribution in [1.29, 1.82) is 0 Å². The smallest absolute Gasteiger partial charge is 0.227 e. The van der Waals surface area contributed by atoms with Crippen LogP contribution in [0.25, 0.3) is 0 Å². The zero-order valence-corrected chi connectivity index (χ0v) is 17.0. The van der Waals surface area contributed by atoms with Crippen LogP contribution in [0.3, 0.4) is 0 Å². The Bertz CT molecular complexity index is 758. The molecule has 3 rings (SSSR count). The van der Waals surface area contributed by atoms with Gasteiger partial charge in [0.2, 0.25) is 5.91 Å². The molecule has 2 atom stereocenters. The zero-order chi connectivity index (χ0) is 19.9. The molecule has 1 aliphatic rings. The van der Waals surface area contributed by atoms with E-state index in [1.807, 2.05) is 57.2 Å². The van der Waals surface area contributed by atoms with Crippen molar-refractivity contribution in [1.82, 2.24) is 5.32 Å². The lowest BCUT2D eigenvalue weighted by Gasteiger charge is -2.19. The van der Waals surface area contributed by atoms with Crippen LogP contribution in [0.15, 0.2) is 48.5 Å². The third-order valence-electron chi connectivity index (χ3n) is 5.09. The summed E-state index contributed by atoms with van der Waals surface area (Å²) in [5, 5.41) is 2.86. The molecule has 150 valence electrons. The van der Waals surface area contributed by atoms with Gasteiger partial charge < -0.3 is 19.7 Å². The van der Waals surface area contributed by atoms with E-state index in [0.29, 0.717) is 13.2 Å². The van der Waals surface area contributed by atoms with Crippen LogP contribution in [0.5, 0.6) is 11.5 Å². The maximum atomic E-state index is 12.0. The second-order valence-electron chi connectivity index (χ2n) is 7.09. The van der Waals surface area contributed by atoms with Gasteiger partial charge in [-0.25, -0.2) is 0 Å². The Morgan fingerprint density at radius 1 is 1.11 bits per heavy atom. The Hall–Kier alpha value is -2.69. The second kappa shape index (κ2) is 9.49. The number of carbonyl (C=O) groups excluding carboxylic acids is 1. The zero-order valence-electron chi connectivity index (χ0n) is 17.0. The molecule has 2 aromatic carbocycles. The van der Waals surface area contributed by atoms with Gasteiger partial charge in [-0.3, -0.25) is 4.79 Å². The van der Waals surface area contributed by atoms with E-state index in [0.717, 1.165) is 36.6 Å². The predicted molar refractivity (Wildman–Crippen MR) is 112 cm³/mol. The number of hydrogen-bond acceptors (Lipinski definition) is 4. The van der Waals surface area contributed by atoms with Crippen molar-refractivity contribution in [2.45, 2.75) is 39.2 Å². The van der Waals surface area contributed by atoms with Crippen LogP contribution in [0, 0.1) is 0 Å². The molecule has 2 aromatic rings. The molecule has 0 aliphatic carbocycles. The minimum atomic E-state index is -0.157. The molecule has 0 saturated carbocycles. The van der Waals surface area contributed by atoms with Crippen molar-refractivity contribution in [3.05, 3.63) is 54.1 Å². The van der Waals surface area contributed by atoms with Crippen LogP contribution in [-0.4, -0.2) is 38.3 Å². The fourth-order valence-electron chi connectivity index (χ4n) is 3.48. The highest BCUT2D eigenvalue weighted by Crippen LogP contribution is 2.26. The Balaban J connectivity index is 1.54. The van der Waals surface area contributed by atoms with Crippen LogP contribution < -0.4 is 19.7 Å². The molecule has 1 heterocycles. The van der Waals surface area contributed by atoms with E-state index in [-0.39, 0.29) is 17.9 Å². The van der Waals surface area contributed by atoms with E-state index in [4.69, 9.17) is 9.47 Å². The lowest BCUT2D eigenvalue weighted by atomic mass is 10.0. The summed E-state index contributed by atoms with van der Waals surface area (Å²) in [6.07, 6.45) is 1.16. The van der Waals surface area contributed by atoms with E-state index in [2.05, 4.69) is 22.3 Å². The second-order valence-corrected chi connectivity index (χ2v) is 7.09. The topological polar surface area (TPSA) is 50.8 Å². The SMILES string of the molecule is CCNC(=O)C(C)c1ccc(OC2CCN(c3ccc(OCC)cc3)C2)cc1. The number of rotatable bonds is 8. The lowest BCUT2D eigenvalue weighted by molar-refractivity contribution is -0.122. The average molecular weight is 383 g/mol. The first kappa shape index (κ1) is 20.1. The summed E-state index contributed by atoms with van der Waals surface area (Å²) < 4.78 is 11.7. The summed E-state index contributed by atoms with van der Waals surface area (Å²) in [7, 11) is 0. The highest BCUT2D eigenvalue weighted by atomic mass is 16.5. The van der Waals surface area contributed by atoms with E-state index < -0.39 is 0 Å². The summed E-state index contributed by atoms with van der Waals surface area (Å²) in [5.41, 5.74) is 2.20. The predicted octanol–water partition coefficient (Wildman–Crippen LogP) is 3.98. The number of ether oxygens (including phenoxy) is 2. The molecule has 0 aromatic heterocycles. The molecule has 0 spiro atoms. The van der Waals surface area contributed by atoms with E-state index in [1.165, 1.54) is 5.69 Å². The summed E-state index contributed by atoms with van der Waals surface area (Å²) >= 11 is 0. The Morgan fingerprint density at radius 2 is 1.79 bits per heavy atom. The molecule has 0 bridgehead atoms. The molecular weight excluding hydrogens is 352 g/mol. The van der Waals surface area contributed by atoms with Crippen molar-refractivity contribution in [3.8, 4) is 11.5 Å². The molecule has 1 N–H and O–H groups in total. The highest BCUT2D eigenvalue weighted by molar-refractivity contribution is 5.83. The maximum Gasteiger partial charge on any atom is 0.227 e. The third-order valence-corrected chi connectivity index (χ3v) is 5.09.